The highest BCUT2D eigenvalue weighted by Crippen LogP contribution is 2.23. The van der Waals surface area contributed by atoms with Crippen molar-refractivity contribution in [2.75, 3.05) is 37.9 Å². The molecule has 1 fully saturated rings. The Balaban J connectivity index is 1.98. The lowest BCUT2D eigenvalue weighted by atomic mass is 10.2. The summed E-state index contributed by atoms with van der Waals surface area (Å²) in [7, 11) is 0. The molecule has 2 rings (SSSR count). The Labute approximate surface area is 124 Å². The van der Waals surface area contributed by atoms with Crippen LogP contribution in [0.5, 0.6) is 0 Å². The van der Waals surface area contributed by atoms with Gasteiger partial charge in [0.15, 0.2) is 0 Å². The minimum Gasteiger partial charge on any atom is -0.379 e. The molecule has 1 atom stereocenters. The molecule has 1 aromatic carbocycles. The van der Waals surface area contributed by atoms with Crippen LogP contribution < -0.4 is 5.32 Å². The number of rotatable bonds is 4. The normalized spacial score (nSPS) is 17.8. The van der Waals surface area contributed by atoms with Crippen LogP contribution >= 0.6 is 11.8 Å². The molecule has 1 aliphatic rings. The largest absolute Gasteiger partial charge is 0.379 e. The smallest absolute Gasteiger partial charge is 0.241 e. The summed E-state index contributed by atoms with van der Waals surface area (Å²) in [5, 5.41) is 3.00. The standard InChI is InChI=1S/C15H22N2O2S/c1-11-10-13(4-5-14(11)20-3)16-15(18)12(2)17-6-8-19-9-7-17/h4-5,10,12H,6-9H2,1-3H3,(H,16,18). The number of hydrogen-bond donors (Lipinski definition) is 1. The van der Waals surface area contributed by atoms with E-state index in [0.717, 1.165) is 18.8 Å². The highest BCUT2D eigenvalue weighted by atomic mass is 32.2. The van der Waals surface area contributed by atoms with Gasteiger partial charge in [-0.1, -0.05) is 0 Å². The lowest BCUT2D eigenvalue weighted by molar-refractivity contribution is -0.122. The Morgan fingerprint density at radius 3 is 2.70 bits per heavy atom. The Morgan fingerprint density at radius 2 is 2.10 bits per heavy atom. The van der Waals surface area contributed by atoms with Crippen LogP contribution in [0, 0.1) is 6.92 Å². The van der Waals surface area contributed by atoms with E-state index in [1.54, 1.807) is 11.8 Å². The van der Waals surface area contributed by atoms with Gasteiger partial charge in [0.05, 0.1) is 19.3 Å². The minimum atomic E-state index is -0.126. The van der Waals surface area contributed by atoms with E-state index in [1.165, 1.54) is 10.5 Å². The van der Waals surface area contributed by atoms with Gasteiger partial charge in [-0.15, -0.1) is 11.8 Å². The van der Waals surface area contributed by atoms with Crippen molar-refractivity contribution in [1.82, 2.24) is 4.90 Å². The summed E-state index contributed by atoms with van der Waals surface area (Å²) in [6, 6.07) is 5.91. The molecule has 1 heterocycles. The lowest BCUT2D eigenvalue weighted by Crippen LogP contribution is -2.47. The van der Waals surface area contributed by atoms with Crippen molar-refractivity contribution < 1.29 is 9.53 Å². The van der Waals surface area contributed by atoms with Crippen molar-refractivity contribution in [3.63, 3.8) is 0 Å². The van der Waals surface area contributed by atoms with Gasteiger partial charge in [0.1, 0.15) is 0 Å². The molecular formula is C15H22N2O2S. The Bertz CT molecular complexity index is 473. The molecule has 4 nitrogen and oxygen atoms in total. The zero-order chi connectivity index (χ0) is 14.5. The van der Waals surface area contributed by atoms with Crippen LogP contribution in [-0.4, -0.2) is 49.4 Å². The number of anilines is 1. The van der Waals surface area contributed by atoms with Crippen LogP contribution in [0.1, 0.15) is 12.5 Å². The van der Waals surface area contributed by atoms with Crippen molar-refractivity contribution in [3.8, 4) is 0 Å². The summed E-state index contributed by atoms with van der Waals surface area (Å²) < 4.78 is 5.31. The van der Waals surface area contributed by atoms with Crippen molar-refractivity contribution in [1.29, 1.82) is 0 Å². The first-order chi connectivity index (χ1) is 9.61. The van der Waals surface area contributed by atoms with Crippen LogP contribution in [-0.2, 0) is 9.53 Å². The molecule has 1 aromatic rings. The third kappa shape index (κ3) is 3.75. The number of amides is 1. The second kappa shape index (κ2) is 7.11. The number of nitrogens with one attached hydrogen (secondary N) is 1. The summed E-state index contributed by atoms with van der Waals surface area (Å²) in [5.41, 5.74) is 2.06. The van der Waals surface area contributed by atoms with Gasteiger partial charge in [-0.05, 0) is 43.9 Å². The van der Waals surface area contributed by atoms with Crippen molar-refractivity contribution in [2.45, 2.75) is 24.8 Å². The van der Waals surface area contributed by atoms with Crippen molar-refractivity contribution >= 4 is 23.4 Å². The summed E-state index contributed by atoms with van der Waals surface area (Å²) in [6.07, 6.45) is 2.06. The van der Waals surface area contributed by atoms with Crippen LogP contribution in [0.2, 0.25) is 0 Å². The topological polar surface area (TPSA) is 41.6 Å². The molecule has 0 aromatic heterocycles. The van der Waals surface area contributed by atoms with Crippen LogP contribution in [0.25, 0.3) is 0 Å². The average molecular weight is 294 g/mol. The number of aryl methyl sites for hydroxylation is 1. The second-order valence-electron chi connectivity index (χ2n) is 5.00. The third-order valence-corrected chi connectivity index (χ3v) is 4.53. The number of ether oxygens (including phenoxy) is 1. The maximum Gasteiger partial charge on any atom is 0.241 e. The predicted octanol–water partition coefficient (Wildman–Crippen LogP) is 2.38. The maximum absolute atomic E-state index is 12.3. The molecule has 1 unspecified atom stereocenters. The van der Waals surface area contributed by atoms with Crippen LogP contribution in [0.3, 0.4) is 0 Å². The maximum atomic E-state index is 12.3. The van der Waals surface area contributed by atoms with Gasteiger partial charge in [-0.2, -0.15) is 0 Å². The number of carbonyl (C=O) groups excluding carboxylic acids is 1. The number of thioether (sulfide) groups is 1. The SMILES string of the molecule is CSc1ccc(NC(=O)C(C)N2CCOCC2)cc1C. The molecule has 110 valence electrons. The van der Waals surface area contributed by atoms with E-state index in [1.807, 2.05) is 19.1 Å². The lowest BCUT2D eigenvalue weighted by Gasteiger charge is -2.31. The van der Waals surface area contributed by atoms with Gasteiger partial charge in [-0.25, -0.2) is 0 Å². The number of benzene rings is 1. The zero-order valence-electron chi connectivity index (χ0n) is 12.3. The molecule has 1 amide bonds. The molecule has 0 saturated carbocycles. The number of nitrogens with zero attached hydrogens (tertiary/aromatic N) is 1. The summed E-state index contributed by atoms with van der Waals surface area (Å²) in [5.74, 6) is 0.0446. The molecule has 20 heavy (non-hydrogen) atoms. The monoisotopic (exact) mass is 294 g/mol. The van der Waals surface area contributed by atoms with Gasteiger partial charge < -0.3 is 10.1 Å². The molecule has 1 N–H and O–H groups in total. The Hall–Kier alpha value is -1.04. The summed E-state index contributed by atoms with van der Waals surface area (Å²) >= 11 is 1.72. The molecule has 0 spiro atoms. The minimum absolute atomic E-state index is 0.0446. The fraction of sp³-hybridized carbons (Fsp3) is 0.533. The zero-order valence-corrected chi connectivity index (χ0v) is 13.1. The first kappa shape index (κ1) is 15.4. The predicted molar refractivity (Wildman–Crippen MR) is 83.4 cm³/mol. The average Bonchev–Trinajstić information content (AvgIpc) is 2.47. The van der Waals surface area contributed by atoms with E-state index >= 15 is 0 Å². The first-order valence-electron chi connectivity index (χ1n) is 6.89. The van der Waals surface area contributed by atoms with E-state index in [4.69, 9.17) is 4.74 Å². The second-order valence-corrected chi connectivity index (χ2v) is 5.85. The fourth-order valence-electron chi connectivity index (χ4n) is 2.33. The van der Waals surface area contributed by atoms with Crippen LogP contribution in [0.4, 0.5) is 5.69 Å². The van der Waals surface area contributed by atoms with Gasteiger partial charge in [0.25, 0.3) is 0 Å². The van der Waals surface area contributed by atoms with Crippen LogP contribution in [0.15, 0.2) is 23.1 Å². The summed E-state index contributed by atoms with van der Waals surface area (Å²) in [6.45, 7) is 7.06. The first-order valence-corrected chi connectivity index (χ1v) is 8.11. The van der Waals surface area contributed by atoms with Crippen molar-refractivity contribution in [3.05, 3.63) is 23.8 Å². The molecule has 0 radical (unpaired) electrons. The highest BCUT2D eigenvalue weighted by molar-refractivity contribution is 7.98. The molecule has 1 saturated heterocycles. The van der Waals surface area contributed by atoms with Gasteiger partial charge in [0, 0.05) is 23.7 Å². The fourth-order valence-corrected chi connectivity index (χ4v) is 2.92. The molecule has 0 aliphatic carbocycles. The molecule has 0 bridgehead atoms. The number of morpholine rings is 1. The Morgan fingerprint density at radius 1 is 1.40 bits per heavy atom. The third-order valence-electron chi connectivity index (χ3n) is 3.64. The van der Waals surface area contributed by atoms with Gasteiger partial charge in [-0.3, -0.25) is 9.69 Å². The number of hydrogen-bond acceptors (Lipinski definition) is 4. The Kier molecular flexibility index (Phi) is 5.46. The summed E-state index contributed by atoms with van der Waals surface area (Å²) in [4.78, 5) is 15.7. The van der Waals surface area contributed by atoms with E-state index in [0.29, 0.717) is 13.2 Å². The molecule has 1 aliphatic heterocycles. The van der Waals surface area contributed by atoms with E-state index < -0.39 is 0 Å². The molecular weight excluding hydrogens is 272 g/mol. The number of carbonyl (C=O) groups is 1. The van der Waals surface area contributed by atoms with E-state index in [9.17, 15) is 4.79 Å². The van der Waals surface area contributed by atoms with Crippen molar-refractivity contribution in [2.24, 2.45) is 0 Å². The quantitative estimate of drug-likeness (QED) is 0.866. The molecule has 5 heteroatoms. The van der Waals surface area contributed by atoms with Gasteiger partial charge in [0.2, 0.25) is 5.91 Å². The van der Waals surface area contributed by atoms with E-state index in [-0.39, 0.29) is 11.9 Å². The van der Waals surface area contributed by atoms with E-state index in [2.05, 4.69) is 29.5 Å². The highest BCUT2D eigenvalue weighted by Gasteiger charge is 2.23. The van der Waals surface area contributed by atoms with Gasteiger partial charge >= 0.3 is 0 Å².